The highest BCUT2D eigenvalue weighted by Gasteiger charge is 2.14. The highest BCUT2D eigenvalue weighted by Crippen LogP contribution is 2.19. The number of benzene rings is 2. The van der Waals surface area contributed by atoms with Gasteiger partial charge in [0, 0.05) is 47.9 Å². The molecule has 0 aliphatic heterocycles. The number of rotatable bonds is 8. The third-order valence-corrected chi connectivity index (χ3v) is 5.82. The molecule has 0 unspecified atom stereocenters. The van der Waals surface area contributed by atoms with Gasteiger partial charge in [-0.1, -0.05) is 42.5 Å². The van der Waals surface area contributed by atoms with Gasteiger partial charge in [-0.25, -0.2) is 4.98 Å². The van der Waals surface area contributed by atoms with E-state index >= 15 is 0 Å². The third-order valence-electron chi connectivity index (χ3n) is 5.82. The number of nitrogens with zero attached hydrogens (tertiary/aromatic N) is 3. The topological polar surface area (TPSA) is 103 Å². The van der Waals surface area contributed by atoms with E-state index in [1.54, 1.807) is 30.0 Å². The Morgan fingerprint density at radius 3 is 2.47 bits per heavy atom. The second-order valence-corrected chi connectivity index (χ2v) is 8.83. The van der Waals surface area contributed by atoms with E-state index in [4.69, 9.17) is 5.73 Å². The largest absolute Gasteiger partial charge is 0.398 e. The van der Waals surface area contributed by atoms with Gasteiger partial charge in [-0.15, -0.1) is 0 Å². The fraction of sp³-hybridized carbons (Fsp3) is 0.172. The van der Waals surface area contributed by atoms with E-state index in [1.165, 1.54) is 12.1 Å². The number of anilines is 1. The first-order chi connectivity index (χ1) is 17.3. The van der Waals surface area contributed by atoms with Crippen LogP contribution in [0.15, 0.2) is 90.0 Å². The molecule has 0 aliphatic carbocycles. The van der Waals surface area contributed by atoms with Crippen LogP contribution in [-0.2, 0) is 6.54 Å². The van der Waals surface area contributed by atoms with Crippen molar-refractivity contribution in [2.45, 2.75) is 33.4 Å². The second-order valence-electron chi connectivity index (χ2n) is 8.83. The summed E-state index contributed by atoms with van der Waals surface area (Å²) in [7, 11) is 0. The molecule has 0 atom stereocenters. The van der Waals surface area contributed by atoms with Crippen molar-refractivity contribution < 1.29 is 4.79 Å². The fourth-order valence-electron chi connectivity index (χ4n) is 3.75. The summed E-state index contributed by atoms with van der Waals surface area (Å²) in [5.41, 5.74) is 11.4. The molecule has 0 saturated carbocycles. The Balaban J connectivity index is 1.52. The summed E-state index contributed by atoms with van der Waals surface area (Å²) in [4.78, 5) is 34.1. The summed E-state index contributed by atoms with van der Waals surface area (Å²) in [6.45, 7) is 6.28. The van der Waals surface area contributed by atoms with Crippen molar-refractivity contribution in [3.05, 3.63) is 118 Å². The maximum atomic E-state index is 13.1. The van der Waals surface area contributed by atoms with Gasteiger partial charge in [-0.2, -0.15) is 0 Å². The number of ketones is 1. The molecule has 7 nitrogen and oxygen atoms in total. The molecule has 2 aromatic heterocycles. The van der Waals surface area contributed by atoms with E-state index < -0.39 is 0 Å². The zero-order chi connectivity index (χ0) is 25.7. The van der Waals surface area contributed by atoms with Crippen LogP contribution in [0.1, 0.15) is 47.2 Å². The van der Waals surface area contributed by atoms with Crippen molar-refractivity contribution in [3.8, 4) is 11.3 Å². The molecule has 0 radical (unpaired) electrons. The molecule has 0 spiro atoms. The van der Waals surface area contributed by atoms with Crippen LogP contribution in [0.25, 0.3) is 17.0 Å². The summed E-state index contributed by atoms with van der Waals surface area (Å²) in [5.74, 6) is -0.327. The number of pyridine rings is 1. The molecule has 7 heteroatoms. The smallest absolute Gasteiger partial charge is 0.250 e. The average Bonchev–Trinajstić information content (AvgIpc) is 2.88. The minimum atomic E-state index is -0.327. The highest BCUT2D eigenvalue weighted by molar-refractivity contribution is 6.07. The van der Waals surface area contributed by atoms with Crippen LogP contribution >= 0.6 is 0 Å². The van der Waals surface area contributed by atoms with E-state index in [0.717, 1.165) is 16.8 Å². The molecule has 0 bridgehead atoms. The molecule has 0 amide bonds. The van der Waals surface area contributed by atoms with Crippen LogP contribution < -0.4 is 16.6 Å². The molecule has 0 saturated heterocycles. The van der Waals surface area contributed by atoms with Gasteiger partial charge >= 0.3 is 0 Å². The summed E-state index contributed by atoms with van der Waals surface area (Å²) < 4.78 is 1.62. The van der Waals surface area contributed by atoms with Crippen molar-refractivity contribution >= 4 is 17.2 Å². The molecule has 4 rings (SSSR count). The van der Waals surface area contributed by atoms with Crippen LogP contribution in [0.2, 0.25) is 0 Å². The zero-order valence-corrected chi connectivity index (χ0v) is 20.6. The Bertz CT molecular complexity index is 1460. The van der Waals surface area contributed by atoms with Crippen molar-refractivity contribution in [2.24, 2.45) is 5.73 Å². The number of carbonyl (C=O) groups is 1. The minimum absolute atomic E-state index is 0.000185. The van der Waals surface area contributed by atoms with E-state index in [1.807, 2.05) is 68.4 Å². The van der Waals surface area contributed by atoms with Crippen molar-refractivity contribution in [1.82, 2.24) is 14.5 Å². The van der Waals surface area contributed by atoms with Gasteiger partial charge in [0.1, 0.15) is 5.69 Å². The molecule has 0 aliphatic rings. The summed E-state index contributed by atoms with van der Waals surface area (Å²) in [6.07, 6.45) is 4.72. The van der Waals surface area contributed by atoms with E-state index in [-0.39, 0.29) is 23.1 Å². The average molecular weight is 480 g/mol. The van der Waals surface area contributed by atoms with Crippen molar-refractivity contribution in [2.75, 3.05) is 5.32 Å². The first kappa shape index (κ1) is 24.6. The first-order valence-corrected chi connectivity index (χ1v) is 11.8. The highest BCUT2D eigenvalue weighted by atomic mass is 16.1. The molecule has 3 N–H and O–H groups in total. The molecule has 2 aromatic carbocycles. The van der Waals surface area contributed by atoms with Gasteiger partial charge < -0.3 is 15.6 Å². The monoisotopic (exact) mass is 479 g/mol. The Hall–Kier alpha value is -4.52. The van der Waals surface area contributed by atoms with E-state index in [0.29, 0.717) is 29.2 Å². The number of para-hydroxylation sites is 1. The lowest BCUT2D eigenvalue weighted by Gasteiger charge is -2.12. The Kier molecular flexibility index (Phi) is 7.39. The number of hydrogen-bond donors (Lipinski definition) is 2. The normalized spacial score (nSPS) is 11.5. The van der Waals surface area contributed by atoms with Crippen LogP contribution in [-0.4, -0.2) is 20.3 Å². The lowest BCUT2D eigenvalue weighted by Crippen LogP contribution is -2.20. The maximum Gasteiger partial charge on any atom is 0.250 e. The first-order valence-electron chi connectivity index (χ1n) is 11.8. The van der Waals surface area contributed by atoms with Crippen LogP contribution in [0.4, 0.5) is 5.69 Å². The number of carbonyl (C=O) groups excluding carboxylic acids is 1. The third kappa shape index (κ3) is 5.75. The van der Waals surface area contributed by atoms with Crippen LogP contribution in [0.5, 0.6) is 0 Å². The van der Waals surface area contributed by atoms with E-state index in [2.05, 4.69) is 15.3 Å². The number of aromatic nitrogens is 3. The standard InChI is InChI=1S/C29H29N5O2/c1-19(2)34-18-23(13-14-28(34)36)26-17-31-20(3)29(33-26)27(35)15-25(30)22-11-9-21(10-12-22)16-32-24-7-5-4-6-8-24/h4-15,17-19,32H,16,30H2,1-3H3/b25-15-. The molecular weight excluding hydrogens is 450 g/mol. The Labute approximate surface area is 210 Å². The quantitative estimate of drug-likeness (QED) is 0.273. The molecule has 0 fully saturated rings. The summed E-state index contributed by atoms with van der Waals surface area (Å²) >= 11 is 0. The number of hydrogen-bond acceptors (Lipinski definition) is 6. The van der Waals surface area contributed by atoms with Gasteiger partial charge in [-0.05, 0) is 50.1 Å². The molecular formula is C29H29N5O2. The second kappa shape index (κ2) is 10.8. The number of nitrogens with one attached hydrogen (secondary N) is 1. The predicted octanol–water partition coefficient (Wildman–Crippen LogP) is 4.99. The molecule has 36 heavy (non-hydrogen) atoms. The lowest BCUT2D eigenvalue weighted by molar-refractivity contribution is 0.104. The Morgan fingerprint density at radius 2 is 1.78 bits per heavy atom. The van der Waals surface area contributed by atoms with Gasteiger partial charge in [0.05, 0.1) is 17.6 Å². The van der Waals surface area contributed by atoms with Gasteiger partial charge in [0.15, 0.2) is 0 Å². The number of nitrogens with two attached hydrogens (primary N) is 1. The maximum absolute atomic E-state index is 13.1. The van der Waals surface area contributed by atoms with E-state index in [9.17, 15) is 9.59 Å². The molecule has 182 valence electrons. The van der Waals surface area contributed by atoms with Gasteiger partial charge in [-0.3, -0.25) is 14.6 Å². The fourth-order valence-corrected chi connectivity index (χ4v) is 3.75. The van der Waals surface area contributed by atoms with Crippen LogP contribution in [0.3, 0.4) is 0 Å². The number of allylic oxidation sites excluding steroid dienone is 1. The minimum Gasteiger partial charge on any atom is -0.398 e. The molecule has 2 heterocycles. The summed E-state index contributed by atoms with van der Waals surface area (Å²) in [5, 5.41) is 3.37. The summed E-state index contributed by atoms with van der Waals surface area (Å²) in [6, 6.07) is 20.9. The van der Waals surface area contributed by atoms with Gasteiger partial charge in [0.25, 0.3) is 5.56 Å². The lowest BCUT2D eigenvalue weighted by atomic mass is 10.1. The zero-order valence-electron chi connectivity index (χ0n) is 20.6. The number of aryl methyl sites for hydroxylation is 1. The predicted molar refractivity (Wildman–Crippen MR) is 144 cm³/mol. The Morgan fingerprint density at radius 1 is 1.06 bits per heavy atom. The molecule has 4 aromatic rings. The van der Waals surface area contributed by atoms with Crippen LogP contribution in [0, 0.1) is 6.92 Å². The van der Waals surface area contributed by atoms with Gasteiger partial charge in [0.2, 0.25) is 5.78 Å². The van der Waals surface area contributed by atoms with Crippen molar-refractivity contribution in [1.29, 1.82) is 0 Å². The SMILES string of the molecule is Cc1ncc(-c2ccc(=O)n(C(C)C)c2)nc1C(=O)/C=C(\N)c1ccc(CNc2ccccc2)cc1. The van der Waals surface area contributed by atoms with Crippen molar-refractivity contribution in [3.63, 3.8) is 0 Å².